The molecule has 0 unspecified atom stereocenters. The number of thiophene rings is 1. The van der Waals surface area contributed by atoms with E-state index in [0.717, 1.165) is 31.2 Å². The molecule has 1 aliphatic carbocycles. The Bertz CT molecular complexity index is 1510. The van der Waals surface area contributed by atoms with Gasteiger partial charge in [-0.1, -0.05) is 30.0 Å². The molecule has 5 rings (SSSR count). The monoisotopic (exact) mass is 476 g/mol. The Morgan fingerprint density at radius 1 is 1.30 bits per heavy atom. The number of carbonyl (C=O) groups excluding carboxylic acids is 1. The zero-order valence-corrected chi connectivity index (χ0v) is 19.3. The van der Waals surface area contributed by atoms with Crippen molar-refractivity contribution < 1.29 is 4.79 Å². The third-order valence-electron chi connectivity index (χ3n) is 5.66. The number of aryl methyl sites for hydroxylation is 1. The number of aromatic nitrogens is 4. The molecule has 3 heterocycles. The number of fused-ring (bicyclic) bond motifs is 4. The lowest BCUT2D eigenvalue weighted by molar-refractivity contribution is -0.113. The summed E-state index contributed by atoms with van der Waals surface area (Å²) in [5.41, 5.74) is 2.21. The van der Waals surface area contributed by atoms with Gasteiger partial charge >= 0.3 is 0 Å². The molecule has 0 spiro atoms. The number of hydrogen-bond acceptors (Lipinski definition) is 7. The quantitative estimate of drug-likeness (QED) is 0.335. The third kappa shape index (κ3) is 3.73. The number of rotatable bonds is 6. The molecule has 0 aliphatic heterocycles. The highest BCUT2D eigenvalue weighted by Crippen LogP contribution is 2.37. The highest BCUT2D eigenvalue weighted by atomic mass is 32.2. The molecule has 1 aromatic carbocycles. The molecule has 10 heteroatoms. The van der Waals surface area contributed by atoms with E-state index in [2.05, 4.69) is 28.2 Å². The number of nitrogens with zero attached hydrogens (tertiary/aromatic N) is 5. The van der Waals surface area contributed by atoms with Crippen LogP contribution in [-0.2, 0) is 24.2 Å². The molecule has 0 bridgehead atoms. The lowest BCUT2D eigenvalue weighted by Gasteiger charge is -2.09. The second kappa shape index (κ2) is 8.84. The van der Waals surface area contributed by atoms with E-state index in [9.17, 15) is 14.9 Å². The van der Waals surface area contributed by atoms with E-state index < -0.39 is 0 Å². The van der Waals surface area contributed by atoms with Crippen molar-refractivity contribution in [3.8, 4) is 6.07 Å². The largest absolute Gasteiger partial charge is 0.316 e. The topological polar surface area (TPSA) is 105 Å². The van der Waals surface area contributed by atoms with Crippen LogP contribution < -0.4 is 10.9 Å². The molecule has 166 valence electrons. The van der Waals surface area contributed by atoms with Crippen LogP contribution in [0.25, 0.3) is 16.7 Å². The van der Waals surface area contributed by atoms with Gasteiger partial charge in [0, 0.05) is 11.4 Å². The molecule has 0 radical (unpaired) electrons. The second-order valence-corrected chi connectivity index (χ2v) is 9.75. The van der Waals surface area contributed by atoms with Crippen molar-refractivity contribution in [3.63, 3.8) is 0 Å². The van der Waals surface area contributed by atoms with Crippen molar-refractivity contribution in [3.05, 3.63) is 63.3 Å². The zero-order valence-electron chi connectivity index (χ0n) is 17.7. The van der Waals surface area contributed by atoms with Crippen molar-refractivity contribution in [1.29, 1.82) is 5.26 Å². The predicted molar refractivity (Wildman–Crippen MR) is 130 cm³/mol. The Balaban J connectivity index is 1.43. The number of benzene rings is 1. The minimum atomic E-state index is -0.212. The summed E-state index contributed by atoms with van der Waals surface area (Å²) in [6.07, 6.45) is 5.69. The summed E-state index contributed by atoms with van der Waals surface area (Å²) in [6.45, 7) is 4.03. The molecule has 1 amide bonds. The van der Waals surface area contributed by atoms with Crippen LogP contribution in [0, 0.1) is 11.3 Å². The first-order valence-electron chi connectivity index (χ1n) is 10.6. The number of amides is 1. The smallest absolute Gasteiger partial charge is 0.263 e. The number of anilines is 1. The van der Waals surface area contributed by atoms with Crippen LogP contribution in [0.5, 0.6) is 0 Å². The summed E-state index contributed by atoms with van der Waals surface area (Å²) >= 11 is 2.74. The maximum Gasteiger partial charge on any atom is 0.263 e. The summed E-state index contributed by atoms with van der Waals surface area (Å²) in [5.74, 6) is 0.290. The Morgan fingerprint density at radius 2 is 2.12 bits per heavy atom. The average molecular weight is 477 g/mol. The van der Waals surface area contributed by atoms with Gasteiger partial charge in [0.2, 0.25) is 11.7 Å². The van der Waals surface area contributed by atoms with Gasteiger partial charge in [0.25, 0.3) is 5.56 Å². The standard InChI is InChI=1S/C23H20N6O2S2/c1-2-11-28-21(31)15-8-3-5-9-17(15)29-22(28)26-27-23(29)32-13-19(30)25-20-16(12-24)14-7-4-6-10-18(14)33-20/h2-3,5,8-9H,1,4,6-7,10-11,13H2,(H,25,30). The van der Waals surface area contributed by atoms with Crippen LogP contribution in [-0.4, -0.2) is 30.8 Å². The van der Waals surface area contributed by atoms with Gasteiger partial charge in [-0.3, -0.25) is 18.6 Å². The minimum absolute atomic E-state index is 0.100. The molecule has 0 fully saturated rings. The van der Waals surface area contributed by atoms with Crippen LogP contribution in [0.15, 0.2) is 46.9 Å². The van der Waals surface area contributed by atoms with E-state index in [4.69, 9.17) is 0 Å². The van der Waals surface area contributed by atoms with Crippen LogP contribution in [0.4, 0.5) is 5.00 Å². The van der Waals surface area contributed by atoms with Gasteiger partial charge in [-0.15, -0.1) is 28.1 Å². The minimum Gasteiger partial charge on any atom is -0.316 e. The molecular weight excluding hydrogens is 456 g/mol. The van der Waals surface area contributed by atoms with Crippen molar-refractivity contribution in [2.75, 3.05) is 11.1 Å². The number of allylic oxidation sites excluding steroid dienone is 1. The molecule has 3 aromatic heterocycles. The van der Waals surface area contributed by atoms with Gasteiger partial charge < -0.3 is 5.32 Å². The first-order valence-corrected chi connectivity index (χ1v) is 12.4. The van der Waals surface area contributed by atoms with E-state index in [1.54, 1.807) is 16.5 Å². The highest BCUT2D eigenvalue weighted by Gasteiger charge is 2.22. The molecule has 8 nitrogen and oxygen atoms in total. The molecule has 1 aliphatic rings. The second-order valence-electron chi connectivity index (χ2n) is 7.70. The summed E-state index contributed by atoms with van der Waals surface area (Å²) < 4.78 is 3.31. The van der Waals surface area contributed by atoms with Crippen LogP contribution in [0.2, 0.25) is 0 Å². The Kier molecular flexibility index (Phi) is 5.74. The van der Waals surface area contributed by atoms with Gasteiger partial charge in [-0.25, -0.2) is 0 Å². The van der Waals surface area contributed by atoms with E-state index in [0.29, 0.717) is 38.9 Å². The van der Waals surface area contributed by atoms with Crippen LogP contribution in [0.3, 0.4) is 0 Å². The van der Waals surface area contributed by atoms with Crippen molar-refractivity contribution >= 4 is 50.7 Å². The summed E-state index contributed by atoms with van der Waals surface area (Å²) in [7, 11) is 0. The SMILES string of the molecule is C=CCn1c(=O)c2ccccc2n2c(SCC(=O)Nc3sc4c(c3C#N)CCCC4)nnc12. The van der Waals surface area contributed by atoms with Gasteiger partial charge in [0.05, 0.1) is 22.2 Å². The van der Waals surface area contributed by atoms with Crippen molar-refractivity contribution in [2.45, 2.75) is 37.4 Å². The fourth-order valence-corrected chi connectivity index (χ4v) is 6.18. The number of hydrogen-bond donors (Lipinski definition) is 1. The average Bonchev–Trinajstić information content (AvgIpc) is 3.41. The first-order chi connectivity index (χ1) is 16.1. The summed E-state index contributed by atoms with van der Waals surface area (Å²) in [4.78, 5) is 26.8. The highest BCUT2D eigenvalue weighted by molar-refractivity contribution is 7.99. The van der Waals surface area contributed by atoms with Crippen LogP contribution in [0.1, 0.15) is 28.8 Å². The molecule has 33 heavy (non-hydrogen) atoms. The Morgan fingerprint density at radius 3 is 2.94 bits per heavy atom. The van der Waals surface area contributed by atoms with Gasteiger partial charge in [0.1, 0.15) is 11.1 Å². The number of nitriles is 1. The predicted octanol–water partition coefficient (Wildman–Crippen LogP) is 3.77. The first kappa shape index (κ1) is 21.4. The number of carbonyl (C=O) groups is 1. The van der Waals surface area contributed by atoms with E-state index in [1.165, 1.54) is 32.5 Å². The fourth-order valence-electron chi connectivity index (χ4n) is 4.19. The van der Waals surface area contributed by atoms with Gasteiger partial charge in [-0.05, 0) is 43.4 Å². The van der Waals surface area contributed by atoms with Crippen LogP contribution >= 0.6 is 23.1 Å². The number of nitrogens with one attached hydrogen (secondary N) is 1. The fraction of sp³-hybridized carbons (Fsp3) is 0.261. The lowest BCUT2D eigenvalue weighted by atomic mass is 9.96. The van der Waals surface area contributed by atoms with E-state index in [-0.39, 0.29) is 17.2 Å². The van der Waals surface area contributed by atoms with Gasteiger partial charge in [0.15, 0.2) is 5.16 Å². The molecule has 1 N–H and O–H groups in total. The maximum absolute atomic E-state index is 12.9. The van der Waals surface area contributed by atoms with E-state index in [1.807, 2.05) is 18.2 Å². The molecule has 4 aromatic rings. The summed E-state index contributed by atoms with van der Waals surface area (Å²) in [5, 5.41) is 22.7. The van der Waals surface area contributed by atoms with Crippen molar-refractivity contribution in [2.24, 2.45) is 0 Å². The Labute approximate surface area is 197 Å². The molecule has 0 saturated carbocycles. The van der Waals surface area contributed by atoms with Crippen molar-refractivity contribution in [1.82, 2.24) is 19.2 Å². The van der Waals surface area contributed by atoms with E-state index >= 15 is 0 Å². The summed E-state index contributed by atoms with van der Waals surface area (Å²) in [6, 6.07) is 9.53. The molecule has 0 saturated heterocycles. The molecule has 0 atom stereocenters. The molecular formula is C23H20N6O2S2. The number of para-hydroxylation sites is 1. The Hall–Kier alpha value is -3.42. The lowest BCUT2D eigenvalue weighted by Crippen LogP contribution is -2.22. The maximum atomic E-state index is 12.9. The normalized spacial score (nSPS) is 13.1. The zero-order chi connectivity index (χ0) is 22.9. The number of thioether (sulfide) groups is 1. The van der Waals surface area contributed by atoms with Gasteiger partial charge in [-0.2, -0.15) is 5.26 Å². The third-order valence-corrected chi connectivity index (χ3v) is 7.79.